The predicted molar refractivity (Wildman–Crippen MR) is 70.0 cm³/mol. The molecule has 0 aromatic heterocycles. The van der Waals surface area contributed by atoms with E-state index in [9.17, 15) is 4.79 Å². The fraction of sp³-hybridized carbons (Fsp3) is 0.923. The highest BCUT2D eigenvalue weighted by Gasteiger charge is 2.30. The van der Waals surface area contributed by atoms with Gasteiger partial charge in [0.15, 0.2) is 0 Å². The van der Waals surface area contributed by atoms with Crippen LogP contribution in [0.5, 0.6) is 0 Å². The molecule has 0 aliphatic carbocycles. The van der Waals surface area contributed by atoms with E-state index in [1.54, 1.807) is 4.90 Å². The summed E-state index contributed by atoms with van der Waals surface area (Å²) in [5.41, 5.74) is 5.95. The Labute approximate surface area is 109 Å². The van der Waals surface area contributed by atoms with E-state index in [0.29, 0.717) is 19.5 Å². The largest absolute Gasteiger partial charge is 0.394 e. The molecule has 0 bridgehead atoms. The van der Waals surface area contributed by atoms with E-state index in [0.717, 1.165) is 0 Å². The summed E-state index contributed by atoms with van der Waals surface area (Å²) < 4.78 is 5.51. The third-order valence-electron chi connectivity index (χ3n) is 3.39. The van der Waals surface area contributed by atoms with Crippen LogP contribution in [-0.2, 0) is 9.53 Å². The van der Waals surface area contributed by atoms with Crippen LogP contribution in [0.1, 0.15) is 34.1 Å². The Morgan fingerprint density at radius 2 is 2.11 bits per heavy atom. The Morgan fingerprint density at radius 3 is 2.61 bits per heavy atom. The van der Waals surface area contributed by atoms with Crippen LogP contribution in [0.2, 0.25) is 0 Å². The van der Waals surface area contributed by atoms with Gasteiger partial charge in [-0.2, -0.15) is 0 Å². The number of morpholine rings is 1. The third kappa shape index (κ3) is 4.23. The Kier molecular flexibility index (Phi) is 5.13. The highest BCUT2D eigenvalue weighted by atomic mass is 16.5. The smallest absolute Gasteiger partial charge is 0.224 e. The molecule has 18 heavy (non-hydrogen) atoms. The summed E-state index contributed by atoms with van der Waals surface area (Å²) >= 11 is 0. The Balaban J connectivity index is 2.56. The van der Waals surface area contributed by atoms with Crippen LogP contribution in [0.4, 0.5) is 0 Å². The molecule has 1 aliphatic rings. The minimum Gasteiger partial charge on any atom is -0.394 e. The molecule has 106 valence electrons. The van der Waals surface area contributed by atoms with Gasteiger partial charge < -0.3 is 20.5 Å². The molecular formula is C13H26N2O3. The molecule has 0 saturated carbocycles. The van der Waals surface area contributed by atoms with Gasteiger partial charge >= 0.3 is 0 Å². The monoisotopic (exact) mass is 258 g/mol. The number of nitrogens with zero attached hydrogens (tertiary/aromatic N) is 1. The van der Waals surface area contributed by atoms with Crippen molar-refractivity contribution in [3.05, 3.63) is 0 Å². The lowest BCUT2D eigenvalue weighted by Gasteiger charge is -2.37. The molecule has 1 fully saturated rings. The van der Waals surface area contributed by atoms with Gasteiger partial charge in [0.1, 0.15) is 0 Å². The SMILES string of the molecule is CC1CN(C(=O)CC(N)C(C)(C)C)CC(CO)O1. The number of carbonyl (C=O) groups is 1. The first-order valence-electron chi connectivity index (χ1n) is 6.53. The fourth-order valence-corrected chi connectivity index (χ4v) is 1.97. The molecule has 5 heteroatoms. The second-order valence-corrected chi connectivity index (χ2v) is 6.23. The first kappa shape index (κ1) is 15.4. The van der Waals surface area contributed by atoms with Crippen molar-refractivity contribution < 1.29 is 14.6 Å². The van der Waals surface area contributed by atoms with Gasteiger partial charge in [-0.3, -0.25) is 4.79 Å². The van der Waals surface area contributed by atoms with E-state index < -0.39 is 0 Å². The van der Waals surface area contributed by atoms with Gasteiger partial charge in [-0.25, -0.2) is 0 Å². The molecule has 1 amide bonds. The zero-order valence-corrected chi connectivity index (χ0v) is 11.8. The molecule has 0 radical (unpaired) electrons. The van der Waals surface area contributed by atoms with Crippen LogP contribution in [0.25, 0.3) is 0 Å². The first-order valence-corrected chi connectivity index (χ1v) is 6.53. The summed E-state index contributed by atoms with van der Waals surface area (Å²) in [6, 6.07) is -0.157. The molecule has 3 N–H and O–H groups in total. The zero-order chi connectivity index (χ0) is 13.9. The Morgan fingerprint density at radius 1 is 1.50 bits per heavy atom. The lowest BCUT2D eigenvalue weighted by Crippen LogP contribution is -2.52. The maximum atomic E-state index is 12.2. The number of hydrogen-bond acceptors (Lipinski definition) is 4. The fourth-order valence-electron chi connectivity index (χ4n) is 1.97. The van der Waals surface area contributed by atoms with Crippen LogP contribution in [-0.4, -0.2) is 53.9 Å². The van der Waals surface area contributed by atoms with Crippen molar-refractivity contribution in [3.63, 3.8) is 0 Å². The average Bonchev–Trinajstić information content (AvgIpc) is 2.26. The lowest BCUT2D eigenvalue weighted by atomic mass is 9.85. The molecule has 1 heterocycles. The highest BCUT2D eigenvalue weighted by Crippen LogP contribution is 2.21. The second-order valence-electron chi connectivity index (χ2n) is 6.23. The summed E-state index contributed by atoms with van der Waals surface area (Å²) in [5, 5.41) is 9.13. The standard InChI is InChI=1S/C13H26N2O3/c1-9-6-15(7-10(8-16)18-9)12(17)5-11(14)13(2,3)4/h9-11,16H,5-8,14H2,1-4H3. The molecule has 0 spiro atoms. The summed E-state index contributed by atoms with van der Waals surface area (Å²) in [6.07, 6.45) is 0.0308. The van der Waals surface area contributed by atoms with Crippen LogP contribution in [0.15, 0.2) is 0 Å². The van der Waals surface area contributed by atoms with Gasteiger partial charge in [0.25, 0.3) is 0 Å². The molecule has 5 nitrogen and oxygen atoms in total. The summed E-state index contributed by atoms with van der Waals surface area (Å²) in [7, 11) is 0. The molecule has 1 rings (SSSR count). The van der Waals surface area contributed by atoms with Crippen molar-refractivity contribution in [2.45, 2.75) is 52.4 Å². The van der Waals surface area contributed by atoms with Gasteiger partial charge in [-0.15, -0.1) is 0 Å². The van der Waals surface area contributed by atoms with Crippen LogP contribution in [0, 0.1) is 5.41 Å². The summed E-state index contributed by atoms with van der Waals surface area (Å²) in [6.45, 7) is 8.98. The third-order valence-corrected chi connectivity index (χ3v) is 3.39. The number of ether oxygens (including phenoxy) is 1. The van der Waals surface area contributed by atoms with E-state index in [4.69, 9.17) is 15.6 Å². The Hall–Kier alpha value is -0.650. The molecule has 0 aromatic carbocycles. The number of aliphatic hydroxyl groups excluding tert-OH is 1. The van der Waals surface area contributed by atoms with E-state index in [2.05, 4.69) is 0 Å². The lowest BCUT2D eigenvalue weighted by molar-refractivity contribution is -0.147. The van der Waals surface area contributed by atoms with Crippen molar-refractivity contribution in [2.75, 3.05) is 19.7 Å². The van der Waals surface area contributed by atoms with Gasteiger partial charge in [-0.1, -0.05) is 20.8 Å². The van der Waals surface area contributed by atoms with Crippen molar-refractivity contribution >= 4 is 5.91 Å². The maximum Gasteiger partial charge on any atom is 0.224 e. The van der Waals surface area contributed by atoms with Crippen molar-refractivity contribution in [1.82, 2.24) is 4.90 Å². The van der Waals surface area contributed by atoms with Crippen LogP contribution >= 0.6 is 0 Å². The summed E-state index contributed by atoms with van der Waals surface area (Å²) in [4.78, 5) is 13.9. The quantitative estimate of drug-likeness (QED) is 0.766. The summed E-state index contributed by atoms with van der Waals surface area (Å²) in [5.74, 6) is 0.0472. The van der Waals surface area contributed by atoms with E-state index in [1.807, 2.05) is 27.7 Å². The Bertz CT molecular complexity index is 288. The van der Waals surface area contributed by atoms with Crippen molar-refractivity contribution in [3.8, 4) is 0 Å². The topological polar surface area (TPSA) is 75.8 Å². The van der Waals surface area contributed by atoms with E-state index in [-0.39, 0.29) is 36.2 Å². The average molecular weight is 258 g/mol. The van der Waals surface area contributed by atoms with Gasteiger partial charge in [0.2, 0.25) is 5.91 Å². The van der Waals surface area contributed by atoms with Gasteiger partial charge in [0.05, 0.1) is 18.8 Å². The predicted octanol–water partition coefficient (Wildman–Crippen LogP) is 0.358. The number of carbonyl (C=O) groups excluding carboxylic acids is 1. The van der Waals surface area contributed by atoms with E-state index >= 15 is 0 Å². The molecule has 1 aliphatic heterocycles. The second kappa shape index (κ2) is 5.99. The first-order chi connectivity index (χ1) is 8.24. The van der Waals surface area contributed by atoms with Gasteiger partial charge in [-0.05, 0) is 12.3 Å². The van der Waals surface area contributed by atoms with Crippen molar-refractivity contribution in [1.29, 1.82) is 0 Å². The van der Waals surface area contributed by atoms with Crippen LogP contribution in [0.3, 0.4) is 0 Å². The number of hydrogen-bond donors (Lipinski definition) is 2. The highest BCUT2D eigenvalue weighted by molar-refractivity contribution is 5.77. The van der Waals surface area contributed by atoms with Gasteiger partial charge in [0, 0.05) is 25.6 Å². The zero-order valence-electron chi connectivity index (χ0n) is 11.8. The van der Waals surface area contributed by atoms with Crippen molar-refractivity contribution in [2.24, 2.45) is 11.1 Å². The number of amides is 1. The molecule has 0 aromatic rings. The van der Waals surface area contributed by atoms with Crippen LogP contribution < -0.4 is 5.73 Å². The van der Waals surface area contributed by atoms with E-state index in [1.165, 1.54) is 0 Å². The number of nitrogens with two attached hydrogens (primary N) is 1. The molecule has 1 saturated heterocycles. The minimum atomic E-state index is -0.274. The number of rotatable bonds is 3. The maximum absolute atomic E-state index is 12.2. The molecule has 3 atom stereocenters. The number of aliphatic hydroxyl groups is 1. The molecule has 3 unspecified atom stereocenters. The minimum absolute atomic E-state index is 0.0364. The normalized spacial score (nSPS) is 27.1. The molecular weight excluding hydrogens is 232 g/mol.